The van der Waals surface area contributed by atoms with E-state index in [1.807, 2.05) is 11.3 Å². The zero-order chi connectivity index (χ0) is 30.5. The third-order valence-corrected chi connectivity index (χ3v) is 10.2. The Morgan fingerprint density at radius 1 is 0.370 bits per heavy atom. The first-order chi connectivity index (χ1) is 22.8. The van der Waals surface area contributed by atoms with Crippen molar-refractivity contribution in [3.05, 3.63) is 176 Å². The topological polar surface area (TPSA) is 3.24 Å². The number of para-hydroxylation sites is 1. The van der Waals surface area contributed by atoms with Gasteiger partial charge in [-0.1, -0.05) is 133 Å². The summed E-state index contributed by atoms with van der Waals surface area (Å²) in [5.74, 6) is 0. The number of benzene rings is 8. The van der Waals surface area contributed by atoms with Crippen molar-refractivity contribution in [1.29, 1.82) is 0 Å². The molecule has 0 N–H and O–H groups in total. The van der Waals surface area contributed by atoms with Crippen LogP contribution in [0.25, 0.3) is 64.0 Å². The maximum atomic E-state index is 2.43. The lowest BCUT2D eigenvalue weighted by molar-refractivity contribution is 1.30. The van der Waals surface area contributed by atoms with Crippen LogP contribution in [0.2, 0.25) is 0 Å². The molecule has 0 saturated carbocycles. The zero-order valence-corrected chi connectivity index (χ0v) is 25.9. The van der Waals surface area contributed by atoms with Gasteiger partial charge in [0, 0.05) is 26.8 Å². The second-order valence-corrected chi connectivity index (χ2v) is 12.8. The Kier molecular flexibility index (Phi) is 6.40. The van der Waals surface area contributed by atoms with Gasteiger partial charge in [0.05, 0.1) is 10.4 Å². The Hall–Kier alpha value is -5.70. The molecule has 9 aromatic rings. The molecular weight excluding hydrogens is 575 g/mol. The van der Waals surface area contributed by atoms with E-state index >= 15 is 0 Å². The first-order valence-electron chi connectivity index (χ1n) is 15.7. The van der Waals surface area contributed by atoms with Crippen LogP contribution in [-0.2, 0) is 0 Å². The molecule has 1 heterocycles. The second-order valence-electron chi connectivity index (χ2n) is 11.7. The summed E-state index contributed by atoms with van der Waals surface area (Å²) in [5.41, 5.74) is 8.33. The van der Waals surface area contributed by atoms with Crippen LogP contribution in [0.5, 0.6) is 0 Å². The zero-order valence-electron chi connectivity index (χ0n) is 25.1. The molecule has 8 aromatic carbocycles. The summed E-state index contributed by atoms with van der Waals surface area (Å²) in [6.07, 6.45) is 0. The molecule has 0 fully saturated rings. The van der Waals surface area contributed by atoms with Gasteiger partial charge in [-0.15, -0.1) is 11.3 Å². The van der Waals surface area contributed by atoms with E-state index in [0.717, 1.165) is 11.4 Å². The molecule has 0 unspecified atom stereocenters. The lowest BCUT2D eigenvalue weighted by Crippen LogP contribution is -2.10. The predicted octanol–water partition coefficient (Wildman–Crippen LogP) is 13.2. The average molecular weight is 604 g/mol. The summed E-state index contributed by atoms with van der Waals surface area (Å²) in [6.45, 7) is 0. The summed E-state index contributed by atoms with van der Waals surface area (Å²) in [7, 11) is 0. The van der Waals surface area contributed by atoms with Gasteiger partial charge in [0.15, 0.2) is 0 Å². The SMILES string of the molecule is c1ccc(-c2ccc(N(c3ccccc3)c3cccc4c3sc3cc5ccccc5cc34)cc2-c2cccc3ccccc23)cc1. The van der Waals surface area contributed by atoms with Crippen molar-refractivity contribution in [1.82, 2.24) is 0 Å². The van der Waals surface area contributed by atoms with Crippen LogP contribution in [0.15, 0.2) is 176 Å². The minimum Gasteiger partial charge on any atom is -0.309 e. The Bertz CT molecular complexity index is 2520. The number of anilines is 3. The quantitative estimate of drug-likeness (QED) is 0.189. The Morgan fingerprint density at radius 2 is 1.02 bits per heavy atom. The van der Waals surface area contributed by atoms with Gasteiger partial charge >= 0.3 is 0 Å². The fourth-order valence-corrected chi connectivity index (χ4v) is 8.11. The van der Waals surface area contributed by atoms with Crippen molar-refractivity contribution >= 4 is 70.1 Å². The van der Waals surface area contributed by atoms with E-state index in [9.17, 15) is 0 Å². The number of hydrogen-bond acceptors (Lipinski definition) is 2. The van der Waals surface area contributed by atoms with Crippen LogP contribution in [0.4, 0.5) is 17.1 Å². The largest absolute Gasteiger partial charge is 0.309 e. The van der Waals surface area contributed by atoms with Gasteiger partial charge in [-0.3, -0.25) is 0 Å². The summed E-state index contributed by atoms with van der Waals surface area (Å²) in [5, 5.41) is 7.65. The van der Waals surface area contributed by atoms with Crippen molar-refractivity contribution in [2.24, 2.45) is 0 Å². The van der Waals surface area contributed by atoms with Crippen LogP contribution >= 0.6 is 11.3 Å². The van der Waals surface area contributed by atoms with Crippen LogP contribution in [0.3, 0.4) is 0 Å². The van der Waals surface area contributed by atoms with Crippen molar-refractivity contribution in [2.45, 2.75) is 0 Å². The van der Waals surface area contributed by atoms with E-state index < -0.39 is 0 Å². The Labute approximate surface area is 272 Å². The van der Waals surface area contributed by atoms with Gasteiger partial charge in [0.1, 0.15) is 0 Å². The van der Waals surface area contributed by atoms with E-state index in [2.05, 4.69) is 181 Å². The molecule has 0 bridgehead atoms. The van der Waals surface area contributed by atoms with Crippen LogP contribution in [0.1, 0.15) is 0 Å². The third-order valence-electron chi connectivity index (χ3n) is 9.03. The molecule has 1 nitrogen and oxygen atoms in total. The molecule has 0 aliphatic carbocycles. The average Bonchev–Trinajstić information content (AvgIpc) is 3.49. The molecule has 2 heteroatoms. The highest BCUT2D eigenvalue weighted by atomic mass is 32.1. The second kappa shape index (κ2) is 11.0. The summed E-state index contributed by atoms with van der Waals surface area (Å²) >= 11 is 1.88. The fourth-order valence-electron chi connectivity index (χ4n) is 6.87. The number of fused-ring (bicyclic) bond motifs is 5. The van der Waals surface area contributed by atoms with Crippen LogP contribution in [0, 0.1) is 0 Å². The van der Waals surface area contributed by atoms with Crippen molar-refractivity contribution in [3.8, 4) is 22.3 Å². The standard InChI is InChI=1S/C44H29NS/c1-3-13-30(14-4-1)37-26-25-35(29-40(37)38-22-11-18-31-15-9-10-21-36(31)38)45(34-19-5-2-6-20-34)42-24-12-23-39-41-27-32-16-7-8-17-33(32)28-43(41)46-44(39)42/h1-29H. The van der Waals surface area contributed by atoms with Crippen molar-refractivity contribution in [3.63, 3.8) is 0 Å². The minimum absolute atomic E-state index is 1.13. The summed E-state index contributed by atoms with van der Waals surface area (Å²) in [4.78, 5) is 2.43. The van der Waals surface area contributed by atoms with Crippen LogP contribution in [-0.4, -0.2) is 0 Å². The molecule has 0 saturated heterocycles. The van der Waals surface area contributed by atoms with Gasteiger partial charge in [-0.2, -0.15) is 0 Å². The maximum absolute atomic E-state index is 2.43. The normalized spacial score (nSPS) is 11.5. The lowest BCUT2D eigenvalue weighted by Gasteiger charge is -2.27. The highest BCUT2D eigenvalue weighted by Gasteiger charge is 2.20. The van der Waals surface area contributed by atoms with Crippen LogP contribution < -0.4 is 4.90 Å². The molecule has 9 rings (SSSR count). The molecule has 0 aliphatic heterocycles. The molecule has 216 valence electrons. The van der Waals surface area contributed by atoms with Crippen molar-refractivity contribution < 1.29 is 0 Å². The smallest absolute Gasteiger partial charge is 0.0640 e. The van der Waals surface area contributed by atoms with Gasteiger partial charge in [-0.05, 0) is 86.3 Å². The van der Waals surface area contributed by atoms with Crippen molar-refractivity contribution in [2.75, 3.05) is 4.90 Å². The Morgan fingerprint density at radius 3 is 1.85 bits per heavy atom. The number of rotatable bonds is 5. The van der Waals surface area contributed by atoms with E-state index in [-0.39, 0.29) is 0 Å². The van der Waals surface area contributed by atoms with Gasteiger partial charge in [0.25, 0.3) is 0 Å². The molecule has 0 amide bonds. The number of thiophene rings is 1. The highest BCUT2D eigenvalue weighted by Crippen LogP contribution is 2.47. The van der Waals surface area contributed by atoms with E-state index in [0.29, 0.717) is 0 Å². The first kappa shape index (κ1) is 26.7. The Balaban J connectivity index is 1.32. The number of nitrogens with zero attached hydrogens (tertiary/aromatic N) is 1. The summed E-state index contributed by atoms with van der Waals surface area (Å²) in [6, 6.07) is 63.9. The van der Waals surface area contributed by atoms with Gasteiger partial charge in [0.2, 0.25) is 0 Å². The molecule has 0 radical (unpaired) electrons. The number of hydrogen-bond donors (Lipinski definition) is 0. The van der Waals surface area contributed by atoms with E-state index in [1.54, 1.807) is 0 Å². The van der Waals surface area contributed by atoms with E-state index in [4.69, 9.17) is 0 Å². The molecular formula is C44H29NS. The minimum atomic E-state index is 1.13. The highest BCUT2D eigenvalue weighted by molar-refractivity contribution is 7.26. The molecule has 46 heavy (non-hydrogen) atoms. The maximum Gasteiger partial charge on any atom is 0.0640 e. The summed E-state index contributed by atoms with van der Waals surface area (Å²) < 4.78 is 2.60. The molecule has 0 aliphatic rings. The van der Waals surface area contributed by atoms with E-state index in [1.165, 1.54) is 69.7 Å². The molecule has 0 spiro atoms. The third kappa shape index (κ3) is 4.46. The molecule has 0 atom stereocenters. The predicted molar refractivity (Wildman–Crippen MR) is 200 cm³/mol. The monoisotopic (exact) mass is 603 g/mol. The fraction of sp³-hybridized carbons (Fsp3) is 0. The first-order valence-corrected chi connectivity index (χ1v) is 16.5. The molecule has 1 aromatic heterocycles. The van der Waals surface area contributed by atoms with Gasteiger partial charge < -0.3 is 4.90 Å². The van der Waals surface area contributed by atoms with Gasteiger partial charge in [-0.25, -0.2) is 0 Å². The lowest BCUT2D eigenvalue weighted by atomic mass is 9.90.